The summed E-state index contributed by atoms with van der Waals surface area (Å²) in [4.78, 5) is 18.9. The normalized spacial score (nSPS) is 32.3. The second-order valence-electron chi connectivity index (χ2n) is 14.4. The third kappa shape index (κ3) is 4.67. The van der Waals surface area contributed by atoms with Crippen LogP contribution in [-0.2, 0) is 25.7 Å². The average Bonchev–Trinajstić information content (AvgIpc) is 3.85. The highest BCUT2D eigenvalue weighted by molar-refractivity contribution is 6.30. The molecule has 0 saturated heterocycles. The van der Waals surface area contributed by atoms with Crippen LogP contribution in [0.1, 0.15) is 135 Å². The monoisotopic (exact) mass is 630 g/mol. The zero-order valence-corrected chi connectivity index (χ0v) is 31.1. The first-order valence-electron chi connectivity index (χ1n) is 18.8. The molecule has 2 aromatic heterocycles. The zero-order chi connectivity index (χ0) is 33.8. The van der Waals surface area contributed by atoms with Gasteiger partial charge in [-0.15, -0.1) is 0 Å². The first kappa shape index (κ1) is 33.5. The molecule has 4 aliphatic rings. The Morgan fingerprint density at radius 1 is 0.617 bits per heavy atom. The van der Waals surface area contributed by atoms with Crippen LogP contribution in [0, 0.1) is 22.7 Å². The molecule has 4 nitrogen and oxygen atoms in total. The Kier molecular flexibility index (Phi) is 8.96. The number of hydrogen-bond donors (Lipinski definition) is 2. The lowest BCUT2D eigenvalue weighted by Crippen LogP contribution is -2.33. The predicted octanol–water partition coefficient (Wildman–Crippen LogP) is 9.60. The van der Waals surface area contributed by atoms with Gasteiger partial charge in [0.2, 0.25) is 0 Å². The molecule has 5 heterocycles. The van der Waals surface area contributed by atoms with E-state index in [1.54, 1.807) is 0 Å². The lowest BCUT2D eigenvalue weighted by atomic mass is 9.67. The summed E-state index contributed by atoms with van der Waals surface area (Å²) in [5.41, 5.74) is 17.2. The quantitative estimate of drug-likeness (QED) is 0.292. The van der Waals surface area contributed by atoms with E-state index in [0.717, 1.165) is 51.4 Å². The third-order valence-corrected chi connectivity index (χ3v) is 12.6. The zero-order valence-electron chi connectivity index (χ0n) is 31.1. The largest absolute Gasteiger partial charge is 0.355 e. The van der Waals surface area contributed by atoms with Gasteiger partial charge in [0.25, 0.3) is 0 Å². The molecule has 0 spiro atoms. The number of nitrogens with zero attached hydrogens (tertiary/aromatic N) is 2. The van der Waals surface area contributed by atoms with Crippen molar-refractivity contribution in [1.82, 2.24) is 9.97 Å². The van der Waals surface area contributed by atoms with Crippen molar-refractivity contribution in [3.05, 3.63) is 79.0 Å². The van der Waals surface area contributed by atoms with E-state index in [1.165, 1.54) is 83.7 Å². The van der Waals surface area contributed by atoms with Gasteiger partial charge in [0.1, 0.15) is 0 Å². The summed E-state index contributed by atoms with van der Waals surface area (Å²) in [5, 5.41) is 2.57. The summed E-state index contributed by atoms with van der Waals surface area (Å²) in [6, 6.07) is 0. The van der Waals surface area contributed by atoms with Crippen LogP contribution >= 0.6 is 0 Å². The summed E-state index contributed by atoms with van der Waals surface area (Å²) in [6.07, 6.45) is 20.2. The molecular formula is C43H58N4. The van der Waals surface area contributed by atoms with Crippen LogP contribution in [0.4, 0.5) is 0 Å². The van der Waals surface area contributed by atoms with Gasteiger partial charge in [-0.05, 0) is 112 Å². The second kappa shape index (κ2) is 12.6. The van der Waals surface area contributed by atoms with Gasteiger partial charge >= 0.3 is 0 Å². The number of rotatable bonds is 8. The maximum absolute atomic E-state index is 5.65. The van der Waals surface area contributed by atoms with Gasteiger partial charge in [0, 0.05) is 62.6 Å². The molecule has 4 atom stereocenters. The molecule has 250 valence electrons. The molecule has 2 N–H and O–H groups in total. The van der Waals surface area contributed by atoms with Gasteiger partial charge in [-0.25, -0.2) is 0 Å². The molecule has 4 heteroatoms. The van der Waals surface area contributed by atoms with Gasteiger partial charge in [-0.3, -0.25) is 9.98 Å². The molecular weight excluding hydrogens is 573 g/mol. The fourth-order valence-electron chi connectivity index (χ4n) is 10.2. The van der Waals surface area contributed by atoms with E-state index in [1.807, 2.05) is 0 Å². The van der Waals surface area contributed by atoms with Gasteiger partial charge in [-0.2, -0.15) is 0 Å². The smallest absolute Gasteiger partial charge is 0.0609 e. The number of hydrogen-bond acceptors (Lipinski definition) is 2. The van der Waals surface area contributed by atoms with Crippen LogP contribution in [0.5, 0.6) is 0 Å². The van der Waals surface area contributed by atoms with Gasteiger partial charge < -0.3 is 9.97 Å². The summed E-state index contributed by atoms with van der Waals surface area (Å²) >= 11 is 0. The molecule has 0 aromatic carbocycles. The maximum atomic E-state index is 5.65. The van der Waals surface area contributed by atoms with Crippen LogP contribution in [0.3, 0.4) is 0 Å². The van der Waals surface area contributed by atoms with E-state index in [2.05, 4.69) is 117 Å². The van der Waals surface area contributed by atoms with E-state index < -0.39 is 0 Å². The van der Waals surface area contributed by atoms with Crippen molar-refractivity contribution in [2.75, 3.05) is 0 Å². The standard InChI is InChI=1S/C43H58N4/c1-12-28-29(13-2)36-23-38-34(17-6)43(19-8)27(11)21-32(41(43)46-38)40-31(15-4)30(14-3)39(47-40)25(9)20-26(10)42(18-7)24-44-37(33(42)16-5)22-35(28)45-36/h20-24,33-34,45,47H,12-19H2,1-11H3/b26-20-,37-22-,38-23-,39-25+,40-32-. The first-order chi connectivity index (χ1) is 22.6. The number of H-pyrrole nitrogens is 2. The van der Waals surface area contributed by atoms with Crippen LogP contribution in [-0.4, -0.2) is 21.9 Å². The number of fused-ring (bicyclic) bond motifs is 7. The van der Waals surface area contributed by atoms with Crippen LogP contribution in [0.2, 0.25) is 0 Å². The van der Waals surface area contributed by atoms with Gasteiger partial charge in [0.05, 0.1) is 11.1 Å². The van der Waals surface area contributed by atoms with Crippen LogP contribution in [0.15, 0.2) is 44.7 Å². The van der Waals surface area contributed by atoms with Crippen molar-refractivity contribution < 1.29 is 0 Å². The molecule has 2 aromatic rings. The molecule has 8 bridgehead atoms. The van der Waals surface area contributed by atoms with Crippen molar-refractivity contribution in [3.8, 4) is 0 Å². The minimum atomic E-state index is -0.0942. The molecule has 6 rings (SSSR count). The lowest BCUT2D eigenvalue weighted by molar-refractivity contribution is 0.353. The highest BCUT2D eigenvalue weighted by Gasteiger charge is 2.53. The number of allylic oxidation sites excluding steroid dienone is 6. The fourth-order valence-corrected chi connectivity index (χ4v) is 10.2. The highest BCUT2D eigenvalue weighted by atomic mass is 14.9. The van der Waals surface area contributed by atoms with Crippen molar-refractivity contribution in [2.45, 2.75) is 128 Å². The van der Waals surface area contributed by atoms with Gasteiger partial charge in [-0.1, -0.05) is 78.7 Å². The fraction of sp³-hybridized carbons (Fsp3) is 0.535. The van der Waals surface area contributed by atoms with Crippen LogP contribution < -0.4 is 10.7 Å². The van der Waals surface area contributed by atoms with E-state index in [0.29, 0.717) is 11.8 Å². The number of aromatic amines is 2. The van der Waals surface area contributed by atoms with E-state index in [4.69, 9.17) is 9.98 Å². The third-order valence-electron chi connectivity index (χ3n) is 12.6. The molecule has 1 aliphatic carbocycles. The predicted molar refractivity (Wildman–Crippen MR) is 203 cm³/mol. The summed E-state index contributed by atoms with van der Waals surface area (Å²) in [7, 11) is 0. The van der Waals surface area contributed by atoms with Crippen LogP contribution in [0.25, 0.3) is 23.3 Å². The Balaban J connectivity index is 1.78. The molecule has 0 saturated carbocycles. The number of aliphatic imine (C=N–C) groups is 2. The highest BCUT2D eigenvalue weighted by Crippen LogP contribution is 2.57. The Bertz CT molecular complexity index is 1910. The van der Waals surface area contributed by atoms with Crippen molar-refractivity contribution >= 4 is 35.2 Å². The van der Waals surface area contributed by atoms with E-state index in [-0.39, 0.29) is 10.8 Å². The molecule has 0 fully saturated rings. The summed E-state index contributed by atoms with van der Waals surface area (Å²) in [5.74, 6) is 0.679. The first-order valence-corrected chi connectivity index (χ1v) is 18.8. The molecule has 4 unspecified atom stereocenters. The lowest BCUT2D eigenvalue weighted by Gasteiger charge is -2.33. The second-order valence-corrected chi connectivity index (χ2v) is 14.4. The Hall–Kier alpha value is -3.40. The summed E-state index contributed by atoms with van der Waals surface area (Å²) < 4.78 is 0. The summed E-state index contributed by atoms with van der Waals surface area (Å²) in [6.45, 7) is 25.6. The molecule has 47 heavy (non-hydrogen) atoms. The number of nitrogens with one attached hydrogen (secondary N) is 2. The minimum Gasteiger partial charge on any atom is -0.355 e. The molecule has 0 radical (unpaired) electrons. The maximum Gasteiger partial charge on any atom is 0.0609 e. The Morgan fingerprint density at radius 3 is 1.77 bits per heavy atom. The SMILES string of the molecule is CCc1c2[nH]c(c1CC)/C=C1\N=CC(CC)(/C(C)=C\C(C)=c3\[nH]/c(c(CC)c3CC)=C3/C=C(C)C4(CC)C3=N/C(=C\2)C4CC)C1CC. The van der Waals surface area contributed by atoms with Crippen molar-refractivity contribution in [3.63, 3.8) is 0 Å². The topological polar surface area (TPSA) is 56.3 Å². The van der Waals surface area contributed by atoms with E-state index in [9.17, 15) is 0 Å². The number of aromatic nitrogens is 2. The van der Waals surface area contributed by atoms with E-state index >= 15 is 0 Å². The molecule has 3 aliphatic heterocycles. The minimum absolute atomic E-state index is 0.0656. The Morgan fingerprint density at radius 2 is 1.21 bits per heavy atom. The average molecular weight is 631 g/mol. The Labute approximate surface area is 283 Å². The van der Waals surface area contributed by atoms with Crippen molar-refractivity contribution in [2.24, 2.45) is 32.7 Å². The van der Waals surface area contributed by atoms with Crippen molar-refractivity contribution in [1.29, 1.82) is 0 Å². The molecule has 0 amide bonds. The van der Waals surface area contributed by atoms with Gasteiger partial charge in [0.15, 0.2) is 0 Å².